The summed E-state index contributed by atoms with van der Waals surface area (Å²) in [5, 5.41) is 14.8. The lowest BCUT2D eigenvalue weighted by Crippen LogP contribution is -2.18. The molecule has 0 atom stereocenters. The average molecular weight is 429 g/mol. The minimum absolute atomic E-state index is 0.288. The maximum Gasteiger partial charge on any atom is 0.259 e. The fourth-order valence-corrected chi connectivity index (χ4v) is 3.72. The van der Waals surface area contributed by atoms with Crippen LogP contribution in [-0.4, -0.2) is 22.0 Å². The second kappa shape index (κ2) is 9.32. The fraction of sp³-hybridized carbons (Fsp3) is 0.0833. The van der Waals surface area contributed by atoms with Crippen LogP contribution >= 0.6 is 11.3 Å². The van der Waals surface area contributed by atoms with Gasteiger partial charge >= 0.3 is 0 Å². The van der Waals surface area contributed by atoms with Crippen LogP contribution in [0.15, 0.2) is 78.9 Å². The van der Waals surface area contributed by atoms with Gasteiger partial charge in [-0.2, -0.15) is 0 Å². The van der Waals surface area contributed by atoms with Gasteiger partial charge in [0.05, 0.1) is 11.3 Å². The van der Waals surface area contributed by atoms with Crippen molar-refractivity contribution in [3.8, 4) is 11.1 Å². The van der Waals surface area contributed by atoms with Crippen molar-refractivity contribution in [1.82, 2.24) is 10.2 Å². The van der Waals surface area contributed by atoms with E-state index in [0.717, 1.165) is 22.6 Å². The molecule has 2 N–H and O–H groups in total. The van der Waals surface area contributed by atoms with E-state index in [1.54, 1.807) is 36.4 Å². The molecule has 7 heteroatoms. The van der Waals surface area contributed by atoms with Crippen LogP contribution < -0.4 is 10.6 Å². The zero-order chi connectivity index (χ0) is 21.6. The van der Waals surface area contributed by atoms with Gasteiger partial charge in [-0.05, 0) is 41.8 Å². The Morgan fingerprint density at radius 3 is 2.16 bits per heavy atom. The largest absolute Gasteiger partial charge is 0.321 e. The van der Waals surface area contributed by atoms with Gasteiger partial charge < -0.3 is 5.32 Å². The first-order valence-electron chi connectivity index (χ1n) is 9.83. The summed E-state index contributed by atoms with van der Waals surface area (Å²) in [6.07, 6.45) is 0.753. The molecule has 0 spiro atoms. The number of aryl methyl sites for hydroxylation is 1. The molecule has 0 bridgehead atoms. The zero-order valence-electron chi connectivity index (χ0n) is 16.8. The van der Waals surface area contributed by atoms with Crippen LogP contribution in [-0.2, 0) is 6.42 Å². The standard InChI is InChI=1S/C24H20N4O2S/c1-2-21-27-28-24(31-21)26-23(30)19-10-6-7-11-20(19)25-22(29)18-14-12-17(13-15-18)16-8-4-3-5-9-16/h3-15H,2H2,1H3,(H,25,29)(H,26,28,30). The van der Waals surface area contributed by atoms with Gasteiger partial charge in [0.15, 0.2) is 0 Å². The predicted octanol–water partition coefficient (Wildman–Crippen LogP) is 5.27. The molecule has 1 aromatic heterocycles. The Balaban J connectivity index is 1.49. The van der Waals surface area contributed by atoms with Crippen molar-refractivity contribution in [2.24, 2.45) is 0 Å². The third-order valence-corrected chi connectivity index (χ3v) is 5.65. The third-order valence-electron chi connectivity index (χ3n) is 4.66. The minimum Gasteiger partial charge on any atom is -0.321 e. The number of rotatable bonds is 6. The highest BCUT2D eigenvalue weighted by molar-refractivity contribution is 7.15. The molecule has 0 aliphatic rings. The summed E-state index contributed by atoms with van der Waals surface area (Å²) >= 11 is 1.33. The van der Waals surface area contributed by atoms with E-state index in [9.17, 15) is 9.59 Å². The second-order valence-electron chi connectivity index (χ2n) is 6.75. The van der Waals surface area contributed by atoms with Crippen LogP contribution in [0.25, 0.3) is 11.1 Å². The molecule has 154 valence electrons. The first-order valence-corrected chi connectivity index (χ1v) is 10.7. The highest BCUT2D eigenvalue weighted by atomic mass is 32.1. The molecule has 4 aromatic rings. The molecule has 0 aliphatic carbocycles. The van der Waals surface area contributed by atoms with Crippen LogP contribution in [0.3, 0.4) is 0 Å². The van der Waals surface area contributed by atoms with E-state index in [1.807, 2.05) is 49.4 Å². The van der Waals surface area contributed by atoms with E-state index in [-0.39, 0.29) is 11.8 Å². The van der Waals surface area contributed by atoms with Gasteiger partial charge in [-0.3, -0.25) is 14.9 Å². The molecule has 0 saturated carbocycles. The second-order valence-corrected chi connectivity index (χ2v) is 7.81. The molecular weight excluding hydrogens is 408 g/mol. The number of benzene rings is 3. The highest BCUT2D eigenvalue weighted by Crippen LogP contribution is 2.22. The van der Waals surface area contributed by atoms with Crippen LogP contribution in [0.5, 0.6) is 0 Å². The number of carbonyl (C=O) groups excluding carboxylic acids is 2. The topological polar surface area (TPSA) is 84.0 Å². The minimum atomic E-state index is -0.353. The first-order chi connectivity index (χ1) is 15.1. The maximum atomic E-state index is 12.8. The molecule has 0 fully saturated rings. The van der Waals surface area contributed by atoms with E-state index in [0.29, 0.717) is 21.9 Å². The van der Waals surface area contributed by atoms with E-state index in [2.05, 4.69) is 20.8 Å². The van der Waals surface area contributed by atoms with Gasteiger partial charge in [-0.25, -0.2) is 0 Å². The van der Waals surface area contributed by atoms with Crippen LogP contribution in [0.1, 0.15) is 32.6 Å². The molecule has 4 rings (SSSR count). The number of hydrogen-bond acceptors (Lipinski definition) is 5. The Morgan fingerprint density at radius 2 is 1.45 bits per heavy atom. The third kappa shape index (κ3) is 4.84. The maximum absolute atomic E-state index is 12.8. The Morgan fingerprint density at radius 1 is 0.774 bits per heavy atom. The first kappa shape index (κ1) is 20.4. The Labute approximate surface area is 184 Å². The molecule has 0 saturated heterocycles. The molecule has 31 heavy (non-hydrogen) atoms. The molecule has 0 aliphatic heterocycles. The molecule has 3 aromatic carbocycles. The normalized spacial score (nSPS) is 10.5. The van der Waals surface area contributed by atoms with Crippen molar-refractivity contribution >= 4 is 34.0 Å². The lowest BCUT2D eigenvalue weighted by atomic mass is 10.0. The lowest BCUT2D eigenvalue weighted by molar-refractivity contribution is 0.102. The monoisotopic (exact) mass is 428 g/mol. The van der Waals surface area contributed by atoms with Gasteiger partial charge in [-0.15, -0.1) is 10.2 Å². The van der Waals surface area contributed by atoms with Gasteiger partial charge in [0.2, 0.25) is 5.13 Å². The number of anilines is 2. The summed E-state index contributed by atoms with van der Waals surface area (Å²) in [4.78, 5) is 25.5. The lowest BCUT2D eigenvalue weighted by Gasteiger charge is -2.11. The van der Waals surface area contributed by atoms with Crippen LogP contribution in [0.4, 0.5) is 10.8 Å². The van der Waals surface area contributed by atoms with Gasteiger partial charge in [0.1, 0.15) is 5.01 Å². The molecular formula is C24H20N4O2S. The number of aromatic nitrogens is 2. The van der Waals surface area contributed by atoms with Gasteiger partial charge in [-0.1, -0.05) is 72.9 Å². The average Bonchev–Trinajstić information content (AvgIpc) is 3.27. The van der Waals surface area contributed by atoms with Gasteiger partial charge in [0, 0.05) is 5.56 Å². The van der Waals surface area contributed by atoms with Crippen molar-refractivity contribution in [2.45, 2.75) is 13.3 Å². The predicted molar refractivity (Wildman–Crippen MR) is 124 cm³/mol. The van der Waals surface area contributed by atoms with Crippen LogP contribution in [0, 0.1) is 0 Å². The molecule has 2 amide bonds. The van der Waals surface area contributed by atoms with E-state index >= 15 is 0 Å². The molecule has 6 nitrogen and oxygen atoms in total. The summed E-state index contributed by atoms with van der Waals surface area (Å²) in [5.74, 6) is -0.641. The molecule has 0 radical (unpaired) electrons. The van der Waals surface area contributed by atoms with Crippen molar-refractivity contribution in [3.05, 3.63) is 95.0 Å². The fourth-order valence-electron chi connectivity index (χ4n) is 3.04. The van der Waals surface area contributed by atoms with E-state index in [1.165, 1.54) is 11.3 Å². The molecule has 0 unspecified atom stereocenters. The van der Waals surface area contributed by atoms with Crippen LogP contribution in [0.2, 0.25) is 0 Å². The zero-order valence-corrected chi connectivity index (χ0v) is 17.6. The van der Waals surface area contributed by atoms with Crippen molar-refractivity contribution in [3.63, 3.8) is 0 Å². The van der Waals surface area contributed by atoms with Crippen molar-refractivity contribution in [2.75, 3.05) is 10.6 Å². The Kier molecular flexibility index (Phi) is 6.14. The number of hydrogen-bond donors (Lipinski definition) is 2. The number of carbonyl (C=O) groups is 2. The Hall–Kier alpha value is -3.84. The van der Waals surface area contributed by atoms with E-state index < -0.39 is 0 Å². The summed E-state index contributed by atoms with van der Waals surface area (Å²) in [6, 6.07) is 24.2. The number of nitrogens with one attached hydrogen (secondary N) is 2. The SMILES string of the molecule is CCc1nnc(NC(=O)c2ccccc2NC(=O)c2ccc(-c3ccccc3)cc2)s1. The summed E-state index contributed by atoms with van der Waals surface area (Å²) in [6.45, 7) is 1.98. The van der Waals surface area contributed by atoms with Crippen molar-refractivity contribution in [1.29, 1.82) is 0 Å². The van der Waals surface area contributed by atoms with Gasteiger partial charge in [0.25, 0.3) is 11.8 Å². The summed E-state index contributed by atoms with van der Waals surface area (Å²) in [5.41, 5.74) is 3.40. The summed E-state index contributed by atoms with van der Waals surface area (Å²) in [7, 11) is 0. The number of nitrogens with zero attached hydrogens (tertiary/aromatic N) is 2. The smallest absolute Gasteiger partial charge is 0.259 e. The van der Waals surface area contributed by atoms with E-state index in [4.69, 9.17) is 0 Å². The van der Waals surface area contributed by atoms with Crippen molar-refractivity contribution < 1.29 is 9.59 Å². The number of amides is 2. The highest BCUT2D eigenvalue weighted by Gasteiger charge is 2.16. The quantitative estimate of drug-likeness (QED) is 0.438. The summed E-state index contributed by atoms with van der Waals surface area (Å²) < 4.78 is 0. The Bertz CT molecular complexity index is 1200. The number of para-hydroxylation sites is 1. The molecule has 1 heterocycles.